The highest BCUT2D eigenvalue weighted by Gasteiger charge is 2.15. The molecule has 106 valence electrons. The number of benzene rings is 2. The second-order valence-corrected chi connectivity index (χ2v) is 5.49. The molecule has 0 heterocycles. The summed E-state index contributed by atoms with van der Waals surface area (Å²) in [7, 11) is 0. The molecule has 0 bridgehead atoms. The van der Waals surface area contributed by atoms with Crippen molar-refractivity contribution >= 4 is 15.9 Å². The zero-order chi connectivity index (χ0) is 14.5. The van der Waals surface area contributed by atoms with E-state index in [1.165, 1.54) is 0 Å². The minimum Gasteiger partial charge on any atom is -0.310 e. The van der Waals surface area contributed by atoms with Gasteiger partial charge in [-0.15, -0.1) is 0 Å². The van der Waals surface area contributed by atoms with Gasteiger partial charge in [-0.2, -0.15) is 0 Å². The standard InChI is InChI=1S/C16H16BrF2N/c1-2-20-15(11-6-8-13(17)9-7-11)10-12-4-3-5-14(18)16(12)19/h3-9,15,20H,2,10H2,1H3. The molecule has 0 aromatic heterocycles. The van der Waals surface area contributed by atoms with Gasteiger partial charge in [0.1, 0.15) is 0 Å². The Morgan fingerprint density at radius 2 is 1.80 bits per heavy atom. The molecule has 1 atom stereocenters. The normalized spacial score (nSPS) is 12.4. The third-order valence-corrected chi connectivity index (χ3v) is 3.71. The largest absolute Gasteiger partial charge is 0.310 e. The summed E-state index contributed by atoms with van der Waals surface area (Å²) in [5, 5.41) is 3.31. The van der Waals surface area contributed by atoms with Crippen LogP contribution in [-0.2, 0) is 6.42 Å². The van der Waals surface area contributed by atoms with Gasteiger partial charge in [0.15, 0.2) is 11.6 Å². The molecule has 1 nitrogen and oxygen atoms in total. The Labute approximate surface area is 126 Å². The zero-order valence-corrected chi connectivity index (χ0v) is 12.8. The summed E-state index contributed by atoms with van der Waals surface area (Å²) < 4.78 is 28.0. The van der Waals surface area contributed by atoms with Gasteiger partial charge in [0.2, 0.25) is 0 Å². The smallest absolute Gasteiger partial charge is 0.162 e. The number of halogens is 3. The summed E-state index contributed by atoms with van der Waals surface area (Å²) in [6.07, 6.45) is 0.416. The van der Waals surface area contributed by atoms with E-state index in [0.717, 1.165) is 22.6 Å². The molecular formula is C16H16BrF2N. The molecule has 0 spiro atoms. The molecule has 0 amide bonds. The van der Waals surface area contributed by atoms with Crippen molar-refractivity contribution in [1.82, 2.24) is 5.32 Å². The van der Waals surface area contributed by atoms with E-state index in [2.05, 4.69) is 21.2 Å². The number of rotatable bonds is 5. The highest BCUT2D eigenvalue weighted by Crippen LogP contribution is 2.23. The Balaban J connectivity index is 2.25. The Morgan fingerprint density at radius 3 is 2.45 bits per heavy atom. The van der Waals surface area contributed by atoms with Crippen LogP contribution in [0, 0.1) is 11.6 Å². The maximum Gasteiger partial charge on any atom is 0.162 e. The van der Waals surface area contributed by atoms with Gasteiger partial charge in [-0.05, 0) is 42.3 Å². The van der Waals surface area contributed by atoms with Crippen molar-refractivity contribution in [3.63, 3.8) is 0 Å². The summed E-state index contributed by atoms with van der Waals surface area (Å²) >= 11 is 3.39. The Bertz CT molecular complexity index is 569. The molecule has 0 fully saturated rings. The van der Waals surface area contributed by atoms with E-state index in [9.17, 15) is 8.78 Å². The maximum absolute atomic E-state index is 13.8. The van der Waals surface area contributed by atoms with Crippen LogP contribution in [-0.4, -0.2) is 6.54 Å². The summed E-state index contributed by atoms with van der Waals surface area (Å²) in [4.78, 5) is 0. The lowest BCUT2D eigenvalue weighted by Crippen LogP contribution is -2.23. The van der Waals surface area contributed by atoms with Crippen molar-refractivity contribution < 1.29 is 8.78 Å². The molecular weight excluding hydrogens is 324 g/mol. The monoisotopic (exact) mass is 339 g/mol. The van der Waals surface area contributed by atoms with E-state index in [-0.39, 0.29) is 6.04 Å². The van der Waals surface area contributed by atoms with E-state index in [1.807, 2.05) is 31.2 Å². The molecule has 20 heavy (non-hydrogen) atoms. The van der Waals surface area contributed by atoms with Gasteiger partial charge in [0.05, 0.1) is 0 Å². The molecule has 0 aliphatic heterocycles. The van der Waals surface area contributed by atoms with Gasteiger partial charge in [-0.1, -0.05) is 47.1 Å². The average molecular weight is 340 g/mol. The molecule has 1 unspecified atom stereocenters. The number of nitrogens with one attached hydrogen (secondary N) is 1. The fourth-order valence-corrected chi connectivity index (χ4v) is 2.44. The summed E-state index contributed by atoms with van der Waals surface area (Å²) in [5.74, 6) is -1.55. The van der Waals surface area contributed by atoms with Gasteiger partial charge in [0.25, 0.3) is 0 Å². The van der Waals surface area contributed by atoms with Crippen molar-refractivity contribution in [2.45, 2.75) is 19.4 Å². The fraction of sp³-hybridized carbons (Fsp3) is 0.250. The summed E-state index contributed by atoms with van der Waals surface area (Å²) in [6, 6.07) is 12.1. The van der Waals surface area contributed by atoms with Crippen LogP contribution in [0.15, 0.2) is 46.9 Å². The predicted octanol–water partition coefficient (Wildman–Crippen LogP) is 4.62. The maximum atomic E-state index is 13.8. The van der Waals surface area contributed by atoms with Crippen LogP contribution in [0.25, 0.3) is 0 Å². The minimum atomic E-state index is -0.798. The van der Waals surface area contributed by atoms with Crippen LogP contribution < -0.4 is 5.32 Å². The van der Waals surface area contributed by atoms with E-state index in [1.54, 1.807) is 12.1 Å². The van der Waals surface area contributed by atoms with Crippen LogP contribution in [0.3, 0.4) is 0 Å². The Kier molecular flexibility index (Phi) is 5.26. The van der Waals surface area contributed by atoms with Gasteiger partial charge >= 0.3 is 0 Å². The molecule has 0 saturated carbocycles. The predicted molar refractivity (Wildman–Crippen MR) is 80.6 cm³/mol. The molecule has 1 N–H and O–H groups in total. The first-order chi connectivity index (χ1) is 9.61. The summed E-state index contributed by atoms with van der Waals surface area (Å²) in [5.41, 5.74) is 1.44. The number of hydrogen-bond acceptors (Lipinski definition) is 1. The number of hydrogen-bond donors (Lipinski definition) is 1. The van der Waals surface area contributed by atoms with Gasteiger partial charge in [0, 0.05) is 10.5 Å². The highest BCUT2D eigenvalue weighted by atomic mass is 79.9. The van der Waals surface area contributed by atoms with Crippen molar-refractivity contribution in [3.05, 3.63) is 69.7 Å². The highest BCUT2D eigenvalue weighted by molar-refractivity contribution is 9.10. The minimum absolute atomic E-state index is 0.0376. The molecule has 0 saturated heterocycles. The van der Waals surface area contributed by atoms with Crippen molar-refractivity contribution in [2.75, 3.05) is 6.54 Å². The topological polar surface area (TPSA) is 12.0 Å². The van der Waals surface area contributed by atoms with Crippen LogP contribution in [0.2, 0.25) is 0 Å². The third-order valence-electron chi connectivity index (χ3n) is 3.18. The first kappa shape index (κ1) is 15.1. The van der Waals surface area contributed by atoms with Crippen molar-refractivity contribution in [3.8, 4) is 0 Å². The zero-order valence-electron chi connectivity index (χ0n) is 11.2. The second-order valence-electron chi connectivity index (χ2n) is 4.58. The second kappa shape index (κ2) is 6.95. The molecule has 0 aliphatic carbocycles. The Hall–Kier alpha value is -1.26. The Morgan fingerprint density at radius 1 is 1.10 bits per heavy atom. The first-order valence-electron chi connectivity index (χ1n) is 6.53. The van der Waals surface area contributed by atoms with E-state index in [0.29, 0.717) is 12.0 Å². The molecule has 0 aliphatic rings. The van der Waals surface area contributed by atoms with Crippen LogP contribution in [0.5, 0.6) is 0 Å². The lowest BCUT2D eigenvalue weighted by atomic mass is 9.98. The van der Waals surface area contributed by atoms with E-state index in [4.69, 9.17) is 0 Å². The summed E-state index contributed by atoms with van der Waals surface area (Å²) in [6.45, 7) is 2.76. The lowest BCUT2D eigenvalue weighted by Gasteiger charge is -2.19. The molecule has 0 radical (unpaired) electrons. The lowest BCUT2D eigenvalue weighted by molar-refractivity contribution is 0.481. The molecule has 2 rings (SSSR count). The van der Waals surface area contributed by atoms with Gasteiger partial charge < -0.3 is 5.32 Å². The molecule has 4 heteroatoms. The van der Waals surface area contributed by atoms with E-state index >= 15 is 0 Å². The first-order valence-corrected chi connectivity index (χ1v) is 7.33. The van der Waals surface area contributed by atoms with E-state index < -0.39 is 11.6 Å². The third kappa shape index (κ3) is 3.64. The van der Waals surface area contributed by atoms with Crippen LogP contribution in [0.1, 0.15) is 24.1 Å². The quantitative estimate of drug-likeness (QED) is 0.837. The van der Waals surface area contributed by atoms with Gasteiger partial charge in [-0.25, -0.2) is 8.78 Å². The van der Waals surface area contributed by atoms with Crippen LogP contribution in [0.4, 0.5) is 8.78 Å². The fourth-order valence-electron chi connectivity index (χ4n) is 2.18. The SMILES string of the molecule is CCNC(Cc1cccc(F)c1F)c1ccc(Br)cc1. The number of likely N-dealkylation sites (N-methyl/N-ethyl adjacent to an activating group) is 1. The molecule has 2 aromatic carbocycles. The van der Waals surface area contributed by atoms with Gasteiger partial charge in [-0.3, -0.25) is 0 Å². The van der Waals surface area contributed by atoms with Crippen LogP contribution >= 0.6 is 15.9 Å². The molecule has 2 aromatic rings. The average Bonchev–Trinajstić information content (AvgIpc) is 2.44. The van der Waals surface area contributed by atoms with Crippen molar-refractivity contribution in [2.24, 2.45) is 0 Å². The van der Waals surface area contributed by atoms with Crippen molar-refractivity contribution in [1.29, 1.82) is 0 Å².